The fourth-order valence-electron chi connectivity index (χ4n) is 5.63. The van der Waals surface area contributed by atoms with Gasteiger partial charge in [0.1, 0.15) is 0 Å². The minimum absolute atomic E-state index is 0.507. The van der Waals surface area contributed by atoms with Crippen molar-refractivity contribution in [3.8, 4) is 0 Å². The summed E-state index contributed by atoms with van der Waals surface area (Å²) in [7, 11) is -2.17. The van der Waals surface area contributed by atoms with Gasteiger partial charge in [0, 0.05) is 0 Å². The zero-order chi connectivity index (χ0) is 22.3. The van der Waals surface area contributed by atoms with E-state index in [0.717, 1.165) is 37.2 Å². The number of hydrogen-bond acceptors (Lipinski definition) is 4. The molecule has 0 spiro atoms. The molecule has 5 nitrogen and oxygen atoms in total. The molecule has 5 rings (SSSR count). The predicted molar refractivity (Wildman–Crippen MR) is 139 cm³/mol. The zero-order valence-corrected chi connectivity index (χ0v) is 20.6. The van der Waals surface area contributed by atoms with E-state index in [-0.39, 0.29) is 0 Å². The number of nitrogens with zero attached hydrogens (tertiary/aromatic N) is 5. The van der Waals surface area contributed by atoms with Gasteiger partial charge in [-0.25, -0.2) is 0 Å². The monoisotopic (exact) mass is 447 g/mol. The van der Waals surface area contributed by atoms with Crippen LogP contribution in [0.5, 0.6) is 0 Å². The second kappa shape index (κ2) is 8.37. The van der Waals surface area contributed by atoms with Gasteiger partial charge in [-0.1, -0.05) is 0 Å². The first-order valence-corrected chi connectivity index (χ1v) is 14.1. The molecule has 0 saturated carbocycles. The van der Waals surface area contributed by atoms with Crippen LogP contribution in [0.4, 0.5) is 5.69 Å². The molecule has 168 valence electrons. The number of hydrogen-bond donors (Lipinski definition) is 0. The van der Waals surface area contributed by atoms with Crippen molar-refractivity contribution in [2.45, 2.75) is 39.0 Å². The van der Waals surface area contributed by atoms with E-state index in [1.807, 2.05) is 6.07 Å². The molecular weight excluding hydrogens is 413 g/mol. The number of likely N-dealkylation sites (N-methyl/N-ethyl adjacent to an activating group) is 1. The molecule has 0 amide bonds. The fourth-order valence-corrected chi connectivity index (χ4v) is 11.0. The van der Waals surface area contributed by atoms with E-state index in [2.05, 4.69) is 108 Å². The number of benzene rings is 2. The first kappa shape index (κ1) is 21.2. The van der Waals surface area contributed by atoms with Gasteiger partial charge in [-0.3, -0.25) is 0 Å². The van der Waals surface area contributed by atoms with Gasteiger partial charge in [0.15, 0.2) is 0 Å². The molecule has 2 unspecified atom stereocenters. The quantitative estimate of drug-likeness (QED) is 0.471. The van der Waals surface area contributed by atoms with Crippen molar-refractivity contribution in [2.24, 2.45) is 0 Å². The molecule has 1 aliphatic carbocycles. The number of allylic oxidation sites excluding steroid dienone is 3. The Balaban J connectivity index is 1.63. The van der Waals surface area contributed by atoms with E-state index >= 15 is 0 Å². The Morgan fingerprint density at radius 3 is 2.22 bits per heavy atom. The van der Waals surface area contributed by atoms with Crippen LogP contribution in [-0.2, 0) is 0 Å². The summed E-state index contributed by atoms with van der Waals surface area (Å²) in [6.07, 6.45) is 7.32. The Labute approximate surface area is 191 Å². The Morgan fingerprint density at radius 1 is 0.844 bits per heavy atom. The van der Waals surface area contributed by atoms with Crippen LogP contribution in [-0.4, -0.2) is 57.2 Å². The van der Waals surface area contributed by atoms with Crippen LogP contribution in [0.1, 0.15) is 27.7 Å². The van der Waals surface area contributed by atoms with Gasteiger partial charge in [0.05, 0.1) is 0 Å². The van der Waals surface area contributed by atoms with Crippen LogP contribution in [0, 0.1) is 0 Å². The van der Waals surface area contributed by atoms with Gasteiger partial charge >= 0.3 is 192 Å². The molecule has 2 aliphatic rings. The Kier molecular flexibility index (Phi) is 5.54. The molecule has 6 heteroatoms. The topological polar surface area (TPSA) is 37.2 Å². The summed E-state index contributed by atoms with van der Waals surface area (Å²) >= 11 is 0. The van der Waals surface area contributed by atoms with Crippen molar-refractivity contribution in [1.29, 1.82) is 0 Å². The van der Waals surface area contributed by atoms with Crippen molar-refractivity contribution >= 4 is 29.4 Å². The first-order chi connectivity index (χ1) is 15.7. The Hall–Kier alpha value is -2.65. The van der Waals surface area contributed by atoms with E-state index in [9.17, 15) is 0 Å². The molecular formula is C26H34N5P. The van der Waals surface area contributed by atoms with E-state index in [1.165, 1.54) is 16.7 Å². The van der Waals surface area contributed by atoms with Crippen molar-refractivity contribution < 1.29 is 0 Å². The van der Waals surface area contributed by atoms with Crippen LogP contribution in [0.2, 0.25) is 0 Å². The van der Waals surface area contributed by atoms with Crippen LogP contribution >= 0.6 is 7.41 Å². The third-order valence-electron chi connectivity index (χ3n) is 7.41. The average Bonchev–Trinajstić information content (AvgIpc) is 3.30. The number of para-hydroxylation sites is 1. The molecule has 0 radical (unpaired) electrons. The molecule has 3 aromatic rings. The molecule has 0 N–H and O–H groups in total. The van der Waals surface area contributed by atoms with Gasteiger partial charge in [0.2, 0.25) is 0 Å². The van der Waals surface area contributed by atoms with Gasteiger partial charge in [-0.05, 0) is 0 Å². The summed E-state index contributed by atoms with van der Waals surface area (Å²) in [6, 6.07) is 17.7. The molecule has 1 fully saturated rings. The van der Waals surface area contributed by atoms with Gasteiger partial charge in [-0.15, -0.1) is 0 Å². The second-order valence-electron chi connectivity index (χ2n) is 8.71. The van der Waals surface area contributed by atoms with Crippen molar-refractivity contribution in [2.75, 3.05) is 31.1 Å². The standard InChI is InChI=1S/C26H34N5P/c1-5-29(6-2)20-13-16-22(17-14-20)32(31-24-12-10-9-11-23(24)27-28-31)25-18-15-21(19-26(25)32)30(7-3)8-4/h9-19,25-26,32H,5-8H2,1-4H3. The summed E-state index contributed by atoms with van der Waals surface area (Å²) in [5.74, 6) is 0. The van der Waals surface area contributed by atoms with E-state index in [0.29, 0.717) is 11.3 Å². The normalized spacial score (nSPS) is 21.7. The summed E-state index contributed by atoms with van der Waals surface area (Å²) in [6.45, 7) is 13.0. The molecule has 1 aliphatic heterocycles. The third kappa shape index (κ3) is 3.09. The summed E-state index contributed by atoms with van der Waals surface area (Å²) < 4.78 is 2.33. The third-order valence-corrected chi connectivity index (χ3v) is 12.4. The minimum atomic E-state index is -2.17. The molecule has 2 aromatic carbocycles. The summed E-state index contributed by atoms with van der Waals surface area (Å²) in [5.41, 5.74) is 5.82. The number of rotatable bonds is 8. The van der Waals surface area contributed by atoms with Crippen LogP contribution < -0.4 is 10.2 Å². The maximum atomic E-state index is 4.77. The Morgan fingerprint density at radius 2 is 1.53 bits per heavy atom. The van der Waals surface area contributed by atoms with Gasteiger partial charge in [0.25, 0.3) is 0 Å². The van der Waals surface area contributed by atoms with E-state index in [1.54, 1.807) is 0 Å². The zero-order valence-electron chi connectivity index (χ0n) is 19.6. The molecule has 32 heavy (non-hydrogen) atoms. The van der Waals surface area contributed by atoms with Crippen LogP contribution in [0.25, 0.3) is 11.0 Å². The molecule has 2 atom stereocenters. The van der Waals surface area contributed by atoms with Gasteiger partial charge in [-0.2, -0.15) is 0 Å². The van der Waals surface area contributed by atoms with E-state index in [4.69, 9.17) is 5.21 Å². The van der Waals surface area contributed by atoms with E-state index < -0.39 is 7.41 Å². The average molecular weight is 448 g/mol. The number of fused-ring (bicyclic) bond motifs is 2. The first-order valence-electron chi connectivity index (χ1n) is 12.0. The fraction of sp³-hybridized carbons (Fsp3) is 0.385. The Bertz CT molecular complexity index is 1160. The maximum absolute atomic E-state index is 4.77. The summed E-state index contributed by atoms with van der Waals surface area (Å²) in [5, 5.41) is 10.8. The second-order valence-corrected chi connectivity index (χ2v) is 12.7. The SMILES string of the molecule is CCN(CC)C1=CC2C(C=C1)[PH]2(c1ccc(N(CC)CC)cc1)n1nnc2ccccc21. The van der Waals surface area contributed by atoms with Crippen LogP contribution in [0.15, 0.2) is 72.5 Å². The summed E-state index contributed by atoms with van der Waals surface area (Å²) in [4.78, 5) is 4.86. The number of anilines is 1. The van der Waals surface area contributed by atoms with Crippen molar-refractivity contribution in [3.05, 3.63) is 72.5 Å². The molecule has 2 heterocycles. The number of aromatic nitrogens is 3. The van der Waals surface area contributed by atoms with Crippen molar-refractivity contribution in [1.82, 2.24) is 19.7 Å². The van der Waals surface area contributed by atoms with Crippen LogP contribution in [0.3, 0.4) is 0 Å². The molecule has 0 bridgehead atoms. The van der Waals surface area contributed by atoms with Gasteiger partial charge < -0.3 is 0 Å². The molecule has 1 saturated heterocycles. The van der Waals surface area contributed by atoms with Crippen molar-refractivity contribution in [3.63, 3.8) is 0 Å². The predicted octanol–water partition coefficient (Wildman–Crippen LogP) is 4.66. The molecule has 1 aromatic heterocycles.